The van der Waals surface area contributed by atoms with Crippen LogP contribution in [0.15, 0.2) is 42.5 Å². The molecule has 2 rings (SSSR count). The molecule has 144 valence electrons. The van der Waals surface area contributed by atoms with Gasteiger partial charge in [-0.3, -0.25) is 4.79 Å². The summed E-state index contributed by atoms with van der Waals surface area (Å²) in [5, 5.41) is 11.6. The average molecular weight is 373 g/mol. The van der Waals surface area contributed by atoms with Crippen molar-refractivity contribution in [3.05, 3.63) is 53.6 Å². The molecule has 0 saturated carbocycles. The molecular weight excluding hydrogens is 350 g/mol. The van der Waals surface area contributed by atoms with Crippen molar-refractivity contribution in [2.24, 2.45) is 0 Å². The van der Waals surface area contributed by atoms with Gasteiger partial charge in [0.1, 0.15) is 5.75 Å². The largest absolute Gasteiger partial charge is 0.496 e. The van der Waals surface area contributed by atoms with Crippen LogP contribution in [0.25, 0.3) is 0 Å². The molecule has 1 amide bonds. The smallest absolute Gasteiger partial charge is 0.341 e. The predicted octanol–water partition coefficient (Wildman–Crippen LogP) is 2.53. The maximum absolute atomic E-state index is 12.4. The van der Waals surface area contributed by atoms with Gasteiger partial charge < -0.3 is 24.6 Å². The number of carboxylic acids is 1. The van der Waals surface area contributed by atoms with Crippen molar-refractivity contribution in [1.29, 1.82) is 0 Å². The van der Waals surface area contributed by atoms with Crippen LogP contribution in [-0.2, 0) is 11.2 Å². The summed E-state index contributed by atoms with van der Waals surface area (Å²) in [6.45, 7) is 2.12. The highest BCUT2D eigenvalue weighted by Gasteiger charge is 2.13. The third-order valence-corrected chi connectivity index (χ3v) is 3.73. The number of hydrogen-bond acceptors (Lipinski definition) is 5. The van der Waals surface area contributed by atoms with Crippen LogP contribution in [0.2, 0.25) is 0 Å². The van der Waals surface area contributed by atoms with E-state index in [1.54, 1.807) is 26.2 Å². The zero-order valence-electron chi connectivity index (χ0n) is 15.4. The van der Waals surface area contributed by atoms with Crippen molar-refractivity contribution >= 4 is 11.9 Å². The van der Waals surface area contributed by atoms with Crippen molar-refractivity contribution in [1.82, 2.24) is 5.32 Å². The lowest BCUT2D eigenvalue weighted by Gasteiger charge is -2.13. The topological polar surface area (TPSA) is 94.1 Å². The van der Waals surface area contributed by atoms with Crippen LogP contribution in [0.1, 0.15) is 22.8 Å². The van der Waals surface area contributed by atoms with E-state index in [9.17, 15) is 9.59 Å². The molecule has 0 atom stereocenters. The van der Waals surface area contributed by atoms with Gasteiger partial charge in [0.2, 0.25) is 0 Å². The Kier molecular flexibility index (Phi) is 7.49. The number of carboxylic acid groups (broad SMARTS) is 1. The maximum Gasteiger partial charge on any atom is 0.341 e. The second-order valence-electron chi connectivity index (χ2n) is 5.59. The fraction of sp³-hybridized carbons (Fsp3) is 0.300. The normalized spacial score (nSPS) is 10.1. The summed E-state index contributed by atoms with van der Waals surface area (Å²) < 4.78 is 15.9. The Hall–Kier alpha value is -3.22. The third kappa shape index (κ3) is 5.91. The van der Waals surface area contributed by atoms with Gasteiger partial charge in [-0.25, -0.2) is 4.79 Å². The van der Waals surface area contributed by atoms with Crippen LogP contribution in [-0.4, -0.2) is 43.9 Å². The number of carbonyl (C=O) groups is 2. The highest BCUT2D eigenvalue weighted by molar-refractivity contribution is 5.94. The van der Waals surface area contributed by atoms with Crippen LogP contribution >= 0.6 is 0 Å². The maximum atomic E-state index is 12.4. The van der Waals surface area contributed by atoms with Crippen molar-refractivity contribution in [3.63, 3.8) is 0 Å². The predicted molar refractivity (Wildman–Crippen MR) is 99.8 cm³/mol. The number of carbonyl (C=O) groups excluding carboxylic acids is 1. The van der Waals surface area contributed by atoms with Gasteiger partial charge >= 0.3 is 5.97 Å². The average Bonchev–Trinajstić information content (AvgIpc) is 2.67. The van der Waals surface area contributed by atoms with E-state index in [1.807, 2.05) is 24.3 Å². The molecular formula is C20H23NO6. The molecule has 0 unspecified atom stereocenters. The Bertz CT molecular complexity index is 790. The molecule has 0 bridgehead atoms. The monoisotopic (exact) mass is 373 g/mol. The molecule has 2 aromatic carbocycles. The van der Waals surface area contributed by atoms with Gasteiger partial charge in [-0.15, -0.1) is 0 Å². The highest BCUT2D eigenvalue weighted by Crippen LogP contribution is 2.28. The summed E-state index contributed by atoms with van der Waals surface area (Å²) >= 11 is 0. The number of nitrogens with one attached hydrogen (secondary N) is 1. The van der Waals surface area contributed by atoms with Gasteiger partial charge in [0.15, 0.2) is 18.1 Å². The molecule has 0 aliphatic carbocycles. The molecule has 7 heteroatoms. The van der Waals surface area contributed by atoms with Crippen molar-refractivity contribution in [2.75, 3.05) is 26.9 Å². The second kappa shape index (κ2) is 10.1. The fourth-order valence-electron chi connectivity index (χ4n) is 2.50. The van der Waals surface area contributed by atoms with E-state index in [0.29, 0.717) is 30.9 Å². The molecule has 0 radical (unpaired) electrons. The number of hydrogen-bond donors (Lipinski definition) is 2. The van der Waals surface area contributed by atoms with Crippen LogP contribution in [0, 0.1) is 0 Å². The molecule has 0 heterocycles. The summed E-state index contributed by atoms with van der Waals surface area (Å²) in [5.41, 5.74) is 1.41. The summed E-state index contributed by atoms with van der Waals surface area (Å²) in [6, 6.07) is 12.3. The standard InChI is InChI=1S/C20H23NO6/c1-3-26-18-12-15(8-9-17(18)27-13-19(22)23)20(24)21-11-10-14-6-4-5-7-16(14)25-2/h4-9,12H,3,10-11,13H2,1-2H3,(H,21,24)(H,22,23). The minimum Gasteiger partial charge on any atom is -0.496 e. The summed E-state index contributed by atoms with van der Waals surface area (Å²) in [6.07, 6.45) is 0.633. The molecule has 7 nitrogen and oxygen atoms in total. The first kappa shape index (κ1) is 20.1. The molecule has 0 aliphatic rings. The molecule has 0 spiro atoms. The third-order valence-electron chi connectivity index (χ3n) is 3.73. The van der Waals surface area contributed by atoms with Gasteiger partial charge in [0.25, 0.3) is 5.91 Å². The minimum atomic E-state index is -1.09. The van der Waals surface area contributed by atoms with E-state index in [4.69, 9.17) is 19.3 Å². The number of methoxy groups -OCH3 is 1. The number of para-hydroxylation sites is 1. The van der Waals surface area contributed by atoms with E-state index in [2.05, 4.69) is 5.32 Å². The molecule has 0 aliphatic heterocycles. The zero-order valence-corrected chi connectivity index (χ0v) is 15.4. The van der Waals surface area contributed by atoms with Gasteiger partial charge in [0.05, 0.1) is 13.7 Å². The lowest BCUT2D eigenvalue weighted by atomic mass is 10.1. The lowest BCUT2D eigenvalue weighted by Crippen LogP contribution is -2.25. The van der Waals surface area contributed by atoms with Crippen LogP contribution in [0.5, 0.6) is 17.2 Å². The Labute approximate surface area is 157 Å². The molecule has 2 aromatic rings. The van der Waals surface area contributed by atoms with Crippen molar-refractivity contribution in [3.8, 4) is 17.2 Å². The van der Waals surface area contributed by atoms with Gasteiger partial charge in [-0.1, -0.05) is 18.2 Å². The number of rotatable bonds is 10. The van der Waals surface area contributed by atoms with Gasteiger partial charge in [-0.05, 0) is 43.2 Å². The molecule has 2 N–H and O–H groups in total. The van der Waals surface area contributed by atoms with E-state index in [1.165, 1.54) is 6.07 Å². The summed E-state index contributed by atoms with van der Waals surface area (Å²) in [7, 11) is 1.61. The van der Waals surface area contributed by atoms with Crippen LogP contribution in [0.4, 0.5) is 0 Å². The Morgan fingerprint density at radius 1 is 1.04 bits per heavy atom. The number of amides is 1. The fourth-order valence-corrected chi connectivity index (χ4v) is 2.50. The highest BCUT2D eigenvalue weighted by atomic mass is 16.5. The van der Waals surface area contributed by atoms with Crippen molar-refractivity contribution < 1.29 is 28.9 Å². The van der Waals surface area contributed by atoms with Crippen LogP contribution in [0.3, 0.4) is 0 Å². The van der Waals surface area contributed by atoms with Gasteiger partial charge in [-0.2, -0.15) is 0 Å². The molecule has 0 aromatic heterocycles. The zero-order chi connectivity index (χ0) is 19.6. The summed E-state index contributed by atoms with van der Waals surface area (Å²) in [5.74, 6) is 0.0532. The number of aliphatic carboxylic acids is 1. The first-order valence-corrected chi connectivity index (χ1v) is 8.56. The van der Waals surface area contributed by atoms with Crippen molar-refractivity contribution in [2.45, 2.75) is 13.3 Å². The Balaban J connectivity index is 2.00. The second-order valence-corrected chi connectivity index (χ2v) is 5.59. The minimum absolute atomic E-state index is 0.254. The van der Waals surface area contributed by atoms with E-state index < -0.39 is 12.6 Å². The Morgan fingerprint density at radius 2 is 1.81 bits per heavy atom. The van der Waals surface area contributed by atoms with E-state index >= 15 is 0 Å². The molecule has 0 fully saturated rings. The van der Waals surface area contributed by atoms with Crippen LogP contribution < -0.4 is 19.5 Å². The quantitative estimate of drug-likeness (QED) is 0.665. The van der Waals surface area contributed by atoms with Gasteiger partial charge in [0, 0.05) is 12.1 Å². The first-order chi connectivity index (χ1) is 13.0. The number of ether oxygens (including phenoxy) is 3. The molecule has 27 heavy (non-hydrogen) atoms. The first-order valence-electron chi connectivity index (χ1n) is 8.56. The SMILES string of the molecule is CCOc1cc(C(=O)NCCc2ccccc2OC)ccc1OCC(=O)O. The summed E-state index contributed by atoms with van der Waals surface area (Å²) in [4.78, 5) is 23.0. The Morgan fingerprint density at radius 3 is 2.52 bits per heavy atom. The van der Waals surface area contributed by atoms with E-state index in [-0.39, 0.29) is 11.7 Å². The lowest BCUT2D eigenvalue weighted by molar-refractivity contribution is -0.139. The van der Waals surface area contributed by atoms with E-state index in [0.717, 1.165) is 11.3 Å². The molecule has 0 saturated heterocycles. The number of benzene rings is 2.